The van der Waals surface area contributed by atoms with E-state index >= 15 is 0 Å². The zero-order chi connectivity index (χ0) is 11.2. The van der Waals surface area contributed by atoms with Crippen LogP contribution in [0.3, 0.4) is 0 Å². The summed E-state index contributed by atoms with van der Waals surface area (Å²) in [6, 6.07) is 0.835. The Morgan fingerprint density at radius 1 is 1.12 bits per heavy atom. The molecule has 1 heterocycles. The Balaban J connectivity index is 0.00000144. The van der Waals surface area contributed by atoms with Crippen molar-refractivity contribution in [1.29, 1.82) is 0 Å². The Hall–Kier alpha value is 0.210. The first-order chi connectivity index (χ1) is 7.90. The SMILES string of the molecule is CCCN(CCC1CCCC1)C1CCNC1.Cl. The maximum absolute atomic E-state index is 3.50. The highest BCUT2D eigenvalue weighted by molar-refractivity contribution is 5.85. The minimum atomic E-state index is 0. The largest absolute Gasteiger partial charge is 0.315 e. The summed E-state index contributed by atoms with van der Waals surface area (Å²) in [5, 5.41) is 3.50. The van der Waals surface area contributed by atoms with E-state index in [1.165, 1.54) is 71.1 Å². The summed E-state index contributed by atoms with van der Waals surface area (Å²) in [5.74, 6) is 1.05. The fourth-order valence-electron chi connectivity index (χ4n) is 3.36. The monoisotopic (exact) mass is 260 g/mol. The first kappa shape index (κ1) is 15.3. The van der Waals surface area contributed by atoms with Crippen LogP contribution < -0.4 is 5.32 Å². The van der Waals surface area contributed by atoms with E-state index in [1.807, 2.05) is 0 Å². The summed E-state index contributed by atoms with van der Waals surface area (Å²) in [7, 11) is 0. The van der Waals surface area contributed by atoms with Crippen molar-refractivity contribution >= 4 is 12.4 Å². The molecule has 0 bridgehead atoms. The Labute approximate surface area is 113 Å². The van der Waals surface area contributed by atoms with Gasteiger partial charge in [-0.1, -0.05) is 32.6 Å². The molecule has 2 nitrogen and oxygen atoms in total. The maximum atomic E-state index is 3.50. The van der Waals surface area contributed by atoms with Crippen LogP contribution >= 0.6 is 12.4 Å². The van der Waals surface area contributed by atoms with E-state index < -0.39 is 0 Å². The lowest BCUT2D eigenvalue weighted by Gasteiger charge is -2.29. The average Bonchev–Trinajstić information content (AvgIpc) is 2.96. The average molecular weight is 261 g/mol. The van der Waals surface area contributed by atoms with Crippen LogP contribution in [0, 0.1) is 5.92 Å². The van der Waals surface area contributed by atoms with Gasteiger partial charge in [0.15, 0.2) is 0 Å². The maximum Gasteiger partial charge on any atom is 0.0232 e. The van der Waals surface area contributed by atoms with Crippen molar-refractivity contribution < 1.29 is 0 Å². The second-order valence-electron chi connectivity index (χ2n) is 5.62. The van der Waals surface area contributed by atoms with Gasteiger partial charge >= 0.3 is 0 Å². The zero-order valence-corrected chi connectivity index (χ0v) is 12.1. The summed E-state index contributed by atoms with van der Waals surface area (Å²) in [5.41, 5.74) is 0. The van der Waals surface area contributed by atoms with Gasteiger partial charge in [-0.25, -0.2) is 0 Å². The van der Waals surface area contributed by atoms with Crippen LogP contribution in [-0.4, -0.2) is 37.1 Å². The Morgan fingerprint density at radius 2 is 1.88 bits per heavy atom. The number of nitrogens with one attached hydrogen (secondary N) is 1. The van der Waals surface area contributed by atoms with Gasteiger partial charge in [0.2, 0.25) is 0 Å². The zero-order valence-electron chi connectivity index (χ0n) is 11.3. The van der Waals surface area contributed by atoms with Gasteiger partial charge in [-0.3, -0.25) is 4.90 Å². The number of rotatable bonds is 6. The third-order valence-electron chi connectivity index (χ3n) is 4.36. The van der Waals surface area contributed by atoms with Crippen molar-refractivity contribution in [3.63, 3.8) is 0 Å². The van der Waals surface area contributed by atoms with E-state index in [-0.39, 0.29) is 12.4 Å². The Kier molecular flexibility index (Phi) is 7.49. The van der Waals surface area contributed by atoms with Gasteiger partial charge < -0.3 is 5.32 Å². The predicted molar refractivity (Wildman–Crippen MR) is 77.0 cm³/mol. The van der Waals surface area contributed by atoms with E-state index in [0.717, 1.165) is 12.0 Å². The number of nitrogens with zero attached hydrogens (tertiary/aromatic N) is 1. The van der Waals surface area contributed by atoms with Gasteiger partial charge in [-0.2, -0.15) is 0 Å². The van der Waals surface area contributed by atoms with Gasteiger partial charge in [0.1, 0.15) is 0 Å². The normalized spacial score (nSPS) is 25.4. The first-order valence-electron chi connectivity index (χ1n) is 7.35. The lowest BCUT2D eigenvalue weighted by Crippen LogP contribution is -2.38. The highest BCUT2D eigenvalue weighted by atomic mass is 35.5. The molecule has 0 aromatic heterocycles. The molecular weight excluding hydrogens is 232 g/mol. The fraction of sp³-hybridized carbons (Fsp3) is 1.00. The van der Waals surface area contributed by atoms with Crippen LogP contribution in [0.1, 0.15) is 51.9 Å². The molecule has 17 heavy (non-hydrogen) atoms. The van der Waals surface area contributed by atoms with Crippen LogP contribution in [0.25, 0.3) is 0 Å². The van der Waals surface area contributed by atoms with Crippen LogP contribution in [0.4, 0.5) is 0 Å². The van der Waals surface area contributed by atoms with Crippen LogP contribution in [0.2, 0.25) is 0 Å². The second-order valence-corrected chi connectivity index (χ2v) is 5.62. The van der Waals surface area contributed by atoms with E-state index in [2.05, 4.69) is 17.1 Å². The molecular formula is C14H29ClN2. The van der Waals surface area contributed by atoms with E-state index in [9.17, 15) is 0 Å². The topological polar surface area (TPSA) is 15.3 Å². The molecule has 3 heteroatoms. The van der Waals surface area contributed by atoms with Crippen molar-refractivity contribution in [2.24, 2.45) is 5.92 Å². The molecule has 0 spiro atoms. The third-order valence-corrected chi connectivity index (χ3v) is 4.36. The summed E-state index contributed by atoms with van der Waals surface area (Å²) in [6.45, 7) is 7.42. The smallest absolute Gasteiger partial charge is 0.0232 e. The standard InChI is InChI=1S/C14H28N2.ClH/c1-2-10-16(14-7-9-15-12-14)11-8-13-5-3-4-6-13;/h13-15H,2-12H2,1H3;1H. The van der Waals surface area contributed by atoms with Crippen LogP contribution in [0.5, 0.6) is 0 Å². The van der Waals surface area contributed by atoms with Gasteiger partial charge in [0.25, 0.3) is 0 Å². The summed E-state index contributed by atoms with van der Waals surface area (Å²) in [6.07, 6.45) is 10.1. The Morgan fingerprint density at radius 3 is 2.47 bits per heavy atom. The van der Waals surface area contributed by atoms with E-state index in [4.69, 9.17) is 0 Å². The van der Waals surface area contributed by atoms with Crippen molar-refractivity contribution in [2.75, 3.05) is 26.2 Å². The summed E-state index contributed by atoms with van der Waals surface area (Å²) < 4.78 is 0. The predicted octanol–water partition coefficient (Wildman–Crippen LogP) is 3.06. The van der Waals surface area contributed by atoms with Gasteiger partial charge in [0.05, 0.1) is 0 Å². The second kappa shape index (κ2) is 8.34. The number of hydrogen-bond acceptors (Lipinski definition) is 2. The molecule has 2 rings (SSSR count). The molecule has 1 aliphatic heterocycles. The van der Waals surface area contributed by atoms with Crippen molar-refractivity contribution in [3.8, 4) is 0 Å². The molecule has 2 fully saturated rings. The molecule has 0 aromatic carbocycles. The minimum Gasteiger partial charge on any atom is -0.315 e. The quantitative estimate of drug-likeness (QED) is 0.790. The molecule has 1 unspecified atom stereocenters. The van der Waals surface area contributed by atoms with E-state index in [0.29, 0.717) is 0 Å². The molecule has 0 aromatic rings. The van der Waals surface area contributed by atoms with Gasteiger partial charge in [0, 0.05) is 12.6 Å². The van der Waals surface area contributed by atoms with Gasteiger partial charge in [-0.15, -0.1) is 12.4 Å². The molecule has 2 aliphatic rings. The lowest BCUT2D eigenvalue weighted by molar-refractivity contribution is 0.193. The molecule has 1 saturated heterocycles. The Bertz CT molecular complexity index is 187. The molecule has 1 saturated carbocycles. The van der Waals surface area contributed by atoms with Crippen molar-refractivity contribution in [3.05, 3.63) is 0 Å². The molecule has 102 valence electrons. The van der Waals surface area contributed by atoms with Gasteiger partial charge in [-0.05, 0) is 44.8 Å². The molecule has 0 radical (unpaired) electrons. The van der Waals surface area contributed by atoms with Crippen molar-refractivity contribution in [2.45, 2.75) is 57.9 Å². The molecule has 1 N–H and O–H groups in total. The van der Waals surface area contributed by atoms with Crippen LogP contribution in [-0.2, 0) is 0 Å². The van der Waals surface area contributed by atoms with Crippen molar-refractivity contribution in [1.82, 2.24) is 10.2 Å². The molecule has 1 aliphatic carbocycles. The highest BCUT2D eigenvalue weighted by Gasteiger charge is 2.23. The molecule has 1 atom stereocenters. The van der Waals surface area contributed by atoms with Crippen LogP contribution in [0.15, 0.2) is 0 Å². The lowest BCUT2D eigenvalue weighted by atomic mass is 10.0. The minimum absolute atomic E-state index is 0. The first-order valence-corrected chi connectivity index (χ1v) is 7.35. The molecule has 0 amide bonds. The number of halogens is 1. The fourth-order valence-corrected chi connectivity index (χ4v) is 3.36. The number of hydrogen-bond donors (Lipinski definition) is 1. The van der Waals surface area contributed by atoms with E-state index in [1.54, 1.807) is 0 Å². The summed E-state index contributed by atoms with van der Waals surface area (Å²) >= 11 is 0. The summed E-state index contributed by atoms with van der Waals surface area (Å²) in [4.78, 5) is 2.75. The highest BCUT2D eigenvalue weighted by Crippen LogP contribution is 2.28. The third kappa shape index (κ3) is 4.76.